The Hall–Kier alpha value is -3.85. The lowest BCUT2D eigenvalue weighted by molar-refractivity contribution is -0.114. The third kappa shape index (κ3) is 4.03. The molecule has 164 valence electrons. The Labute approximate surface area is 195 Å². The predicted octanol–water partition coefficient (Wildman–Crippen LogP) is 7.16. The van der Waals surface area contributed by atoms with E-state index in [4.69, 9.17) is 0 Å². The van der Waals surface area contributed by atoms with Gasteiger partial charge >= 0.3 is 0 Å². The first-order chi connectivity index (χ1) is 15.9. The molecule has 0 aliphatic carbocycles. The number of anilines is 2. The highest BCUT2D eigenvalue weighted by Gasteiger charge is 2.35. The summed E-state index contributed by atoms with van der Waals surface area (Å²) in [6.45, 7) is 8.30. The van der Waals surface area contributed by atoms with Gasteiger partial charge < -0.3 is 5.32 Å². The van der Waals surface area contributed by atoms with Crippen molar-refractivity contribution < 1.29 is 4.79 Å². The molecule has 0 radical (unpaired) electrons. The summed E-state index contributed by atoms with van der Waals surface area (Å²) in [6.07, 6.45) is 2.07. The van der Waals surface area contributed by atoms with Crippen LogP contribution in [0, 0.1) is 27.7 Å². The molecule has 1 amide bonds. The SMILES string of the molecule is Cc1cc(C)cc(NC2=C[C@@H](c3cccc4ccccc34)N(c3cc(C)cc(C)c3)C2=O)c1. The van der Waals surface area contributed by atoms with Crippen molar-refractivity contribution in [2.75, 3.05) is 10.2 Å². The fourth-order valence-corrected chi connectivity index (χ4v) is 4.96. The number of amides is 1. The fraction of sp³-hybridized carbons (Fsp3) is 0.167. The van der Waals surface area contributed by atoms with Crippen LogP contribution in [-0.4, -0.2) is 5.91 Å². The number of nitrogens with one attached hydrogen (secondary N) is 1. The molecule has 0 aromatic heterocycles. The first-order valence-corrected chi connectivity index (χ1v) is 11.4. The highest BCUT2D eigenvalue weighted by molar-refractivity contribution is 6.11. The molecule has 3 nitrogen and oxygen atoms in total. The minimum Gasteiger partial charge on any atom is -0.351 e. The normalized spacial score (nSPS) is 15.8. The van der Waals surface area contributed by atoms with Crippen LogP contribution >= 0.6 is 0 Å². The zero-order valence-electron chi connectivity index (χ0n) is 19.5. The van der Waals surface area contributed by atoms with Gasteiger partial charge in [-0.15, -0.1) is 0 Å². The summed E-state index contributed by atoms with van der Waals surface area (Å²) >= 11 is 0. The summed E-state index contributed by atoms with van der Waals surface area (Å²) in [6, 6.07) is 27.1. The molecule has 1 heterocycles. The number of hydrogen-bond donors (Lipinski definition) is 1. The predicted molar refractivity (Wildman–Crippen MR) is 138 cm³/mol. The number of aryl methyl sites for hydroxylation is 4. The maximum Gasteiger partial charge on any atom is 0.275 e. The van der Waals surface area contributed by atoms with Crippen LogP contribution in [0.5, 0.6) is 0 Å². The van der Waals surface area contributed by atoms with Gasteiger partial charge in [0.15, 0.2) is 0 Å². The van der Waals surface area contributed by atoms with Crippen LogP contribution in [0.1, 0.15) is 33.9 Å². The van der Waals surface area contributed by atoms with Gasteiger partial charge in [0.05, 0.1) is 6.04 Å². The van der Waals surface area contributed by atoms with Gasteiger partial charge in [0.1, 0.15) is 5.70 Å². The van der Waals surface area contributed by atoms with Gasteiger partial charge in [-0.1, -0.05) is 54.6 Å². The van der Waals surface area contributed by atoms with Crippen LogP contribution in [-0.2, 0) is 4.79 Å². The largest absolute Gasteiger partial charge is 0.351 e. The summed E-state index contributed by atoms with van der Waals surface area (Å²) in [5, 5.41) is 5.76. The molecule has 5 rings (SSSR count). The van der Waals surface area contributed by atoms with E-state index >= 15 is 0 Å². The summed E-state index contributed by atoms with van der Waals surface area (Å²) in [5.41, 5.74) is 8.21. The molecule has 4 aromatic rings. The zero-order chi connectivity index (χ0) is 23.1. The third-order valence-corrected chi connectivity index (χ3v) is 6.18. The topological polar surface area (TPSA) is 32.3 Å². The van der Waals surface area contributed by atoms with E-state index in [1.54, 1.807) is 0 Å². The number of rotatable bonds is 4. The molecule has 0 bridgehead atoms. The molecule has 1 aliphatic heterocycles. The summed E-state index contributed by atoms with van der Waals surface area (Å²) in [5.74, 6) is -0.0166. The average molecular weight is 433 g/mol. The Kier molecular flexibility index (Phi) is 5.26. The molecule has 3 heteroatoms. The van der Waals surface area contributed by atoms with E-state index in [1.807, 2.05) is 4.90 Å². The van der Waals surface area contributed by atoms with Gasteiger partial charge in [-0.05, 0) is 96.6 Å². The average Bonchev–Trinajstić information content (AvgIpc) is 3.07. The molecule has 0 unspecified atom stereocenters. The molecule has 0 saturated heterocycles. The number of fused-ring (bicyclic) bond motifs is 1. The molecule has 0 spiro atoms. The summed E-state index contributed by atoms with van der Waals surface area (Å²) < 4.78 is 0. The molecule has 1 atom stereocenters. The molecule has 0 saturated carbocycles. The lowest BCUT2D eigenvalue weighted by Gasteiger charge is -2.27. The van der Waals surface area contributed by atoms with Gasteiger partial charge in [0.25, 0.3) is 5.91 Å². The number of carbonyl (C=O) groups is 1. The van der Waals surface area contributed by atoms with E-state index in [0.29, 0.717) is 5.70 Å². The van der Waals surface area contributed by atoms with Crippen LogP contribution in [0.15, 0.2) is 90.6 Å². The summed E-state index contributed by atoms with van der Waals surface area (Å²) in [4.78, 5) is 15.7. The maximum absolute atomic E-state index is 13.8. The van der Waals surface area contributed by atoms with Gasteiger partial charge in [-0.2, -0.15) is 0 Å². The van der Waals surface area contributed by atoms with E-state index in [1.165, 1.54) is 16.5 Å². The van der Waals surface area contributed by atoms with E-state index in [0.717, 1.165) is 33.5 Å². The minimum absolute atomic E-state index is 0.0166. The highest BCUT2D eigenvalue weighted by Crippen LogP contribution is 2.39. The fourth-order valence-electron chi connectivity index (χ4n) is 4.96. The molecule has 33 heavy (non-hydrogen) atoms. The zero-order valence-corrected chi connectivity index (χ0v) is 19.5. The number of benzene rings is 4. The second-order valence-electron chi connectivity index (χ2n) is 9.12. The lowest BCUT2D eigenvalue weighted by atomic mass is 9.98. The number of nitrogens with zero attached hydrogens (tertiary/aromatic N) is 1. The molecule has 1 N–H and O–H groups in total. The Balaban J connectivity index is 1.65. The Morgan fingerprint density at radius 1 is 0.727 bits per heavy atom. The van der Waals surface area contributed by atoms with Crippen molar-refractivity contribution in [1.29, 1.82) is 0 Å². The van der Waals surface area contributed by atoms with Crippen LogP contribution < -0.4 is 10.2 Å². The first kappa shape index (κ1) is 21.0. The van der Waals surface area contributed by atoms with Crippen molar-refractivity contribution in [2.45, 2.75) is 33.7 Å². The van der Waals surface area contributed by atoms with Crippen molar-refractivity contribution in [3.8, 4) is 0 Å². The maximum atomic E-state index is 13.8. The monoisotopic (exact) mass is 432 g/mol. The number of hydrogen-bond acceptors (Lipinski definition) is 2. The van der Waals surface area contributed by atoms with Crippen molar-refractivity contribution in [2.24, 2.45) is 0 Å². The van der Waals surface area contributed by atoms with Crippen molar-refractivity contribution >= 4 is 28.1 Å². The second-order valence-corrected chi connectivity index (χ2v) is 9.12. The Bertz CT molecular complexity index is 1370. The van der Waals surface area contributed by atoms with Crippen molar-refractivity contribution in [3.63, 3.8) is 0 Å². The Morgan fingerprint density at radius 3 is 2.03 bits per heavy atom. The van der Waals surface area contributed by atoms with Crippen LogP contribution in [0.3, 0.4) is 0 Å². The third-order valence-electron chi connectivity index (χ3n) is 6.18. The van der Waals surface area contributed by atoms with Gasteiger partial charge in [0, 0.05) is 11.4 Å². The second kappa shape index (κ2) is 8.25. The first-order valence-electron chi connectivity index (χ1n) is 11.4. The molecular weight excluding hydrogens is 404 g/mol. The smallest absolute Gasteiger partial charge is 0.275 e. The lowest BCUT2D eigenvalue weighted by Crippen LogP contribution is -2.31. The van der Waals surface area contributed by atoms with Crippen molar-refractivity contribution in [1.82, 2.24) is 0 Å². The molecule has 0 fully saturated rings. The minimum atomic E-state index is -0.196. The van der Waals surface area contributed by atoms with Gasteiger partial charge in [0.2, 0.25) is 0 Å². The van der Waals surface area contributed by atoms with Crippen LogP contribution in [0.4, 0.5) is 11.4 Å². The summed E-state index contributed by atoms with van der Waals surface area (Å²) in [7, 11) is 0. The molecule has 4 aromatic carbocycles. The van der Waals surface area contributed by atoms with E-state index in [-0.39, 0.29) is 11.9 Å². The molecule has 1 aliphatic rings. The van der Waals surface area contributed by atoms with Gasteiger partial charge in [-0.25, -0.2) is 0 Å². The highest BCUT2D eigenvalue weighted by atomic mass is 16.2. The van der Waals surface area contributed by atoms with Crippen molar-refractivity contribution in [3.05, 3.63) is 118 Å². The standard InChI is InChI=1S/C30H28N2O/c1-19-12-20(2)15-24(14-19)31-28-18-29(27-11-7-9-23-8-5-6-10-26(23)27)32(30(28)33)25-16-21(3)13-22(4)17-25/h5-18,29,31H,1-4H3/t29-/m0/s1. The molecular formula is C30H28N2O. The van der Waals surface area contributed by atoms with Crippen LogP contribution in [0.2, 0.25) is 0 Å². The number of carbonyl (C=O) groups excluding carboxylic acids is 1. The van der Waals surface area contributed by atoms with E-state index in [9.17, 15) is 4.79 Å². The van der Waals surface area contributed by atoms with Crippen LogP contribution in [0.25, 0.3) is 10.8 Å². The van der Waals surface area contributed by atoms with E-state index < -0.39 is 0 Å². The van der Waals surface area contributed by atoms with E-state index in [2.05, 4.69) is 118 Å². The van der Waals surface area contributed by atoms with Gasteiger partial charge in [-0.3, -0.25) is 9.69 Å². The quantitative estimate of drug-likeness (QED) is 0.371. The Morgan fingerprint density at radius 2 is 1.33 bits per heavy atom.